The smallest absolute Gasteiger partial charge is 0.143 e. The van der Waals surface area contributed by atoms with Crippen molar-refractivity contribution < 1.29 is 4.74 Å². The Kier molecular flexibility index (Phi) is 5.77. The Morgan fingerprint density at radius 2 is 1.92 bits per heavy atom. The lowest BCUT2D eigenvalue weighted by atomic mass is 10.2. The summed E-state index contributed by atoms with van der Waals surface area (Å²) in [6.45, 7) is 0. The summed E-state index contributed by atoms with van der Waals surface area (Å²) in [6.07, 6.45) is 1.89. The number of methoxy groups -OCH3 is 1. The molecule has 1 N–H and O–H groups in total. The first-order valence-electron chi connectivity index (χ1n) is 7.48. The first-order chi connectivity index (χ1) is 11.7. The third-order valence-electron chi connectivity index (χ3n) is 3.41. The maximum absolute atomic E-state index is 5.39. The Hall–Kier alpha value is -1.98. The summed E-state index contributed by atoms with van der Waals surface area (Å²) in [5, 5.41) is 3.29. The molecule has 1 heterocycles. The van der Waals surface area contributed by atoms with Gasteiger partial charge < -0.3 is 10.1 Å². The largest absolute Gasteiger partial charge is 0.495 e. The van der Waals surface area contributed by atoms with Crippen LogP contribution >= 0.6 is 27.7 Å². The van der Waals surface area contributed by atoms with Gasteiger partial charge in [-0.2, -0.15) is 0 Å². The molecule has 0 fully saturated rings. The highest BCUT2D eigenvalue weighted by Gasteiger charge is 2.05. The van der Waals surface area contributed by atoms with E-state index in [0.717, 1.165) is 32.4 Å². The molecule has 0 aliphatic heterocycles. The molecule has 0 aliphatic rings. The van der Waals surface area contributed by atoms with Gasteiger partial charge in [-0.1, -0.05) is 46.3 Å². The molecule has 2 aromatic carbocycles. The van der Waals surface area contributed by atoms with Crippen LogP contribution in [-0.4, -0.2) is 12.1 Å². The molecule has 3 aromatic rings. The number of ether oxygens (including phenoxy) is 1. The van der Waals surface area contributed by atoms with E-state index in [1.165, 1.54) is 5.56 Å². The Morgan fingerprint density at radius 1 is 1.08 bits per heavy atom. The number of rotatable bonds is 6. The monoisotopic (exact) mass is 400 g/mol. The summed E-state index contributed by atoms with van der Waals surface area (Å²) in [4.78, 5) is 5.63. The number of pyridine rings is 1. The summed E-state index contributed by atoms with van der Waals surface area (Å²) in [6, 6.07) is 20.3. The van der Waals surface area contributed by atoms with Crippen LogP contribution in [0.2, 0.25) is 0 Å². The summed E-state index contributed by atoms with van der Waals surface area (Å²) in [5.74, 6) is 2.50. The molecule has 0 spiro atoms. The van der Waals surface area contributed by atoms with E-state index in [0.29, 0.717) is 0 Å². The second-order valence-electron chi connectivity index (χ2n) is 5.12. The van der Waals surface area contributed by atoms with E-state index in [2.05, 4.69) is 56.6 Å². The van der Waals surface area contributed by atoms with Crippen LogP contribution in [-0.2, 0) is 5.75 Å². The second kappa shape index (κ2) is 8.22. The van der Waals surface area contributed by atoms with Crippen LogP contribution in [0.25, 0.3) is 0 Å². The number of hydrogen-bond acceptors (Lipinski definition) is 4. The third-order valence-corrected chi connectivity index (χ3v) is 4.96. The molecule has 0 atom stereocenters. The van der Waals surface area contributed by atoms with Gasteiger partial charge in [0.05, 0.1) is 12.8 Å². The van der Waals surface area contributed by atoms with Crippen LogP contribution in [0.4, 0.5) is 11.5 Å². The maximum Gasteiger partial charge on any atom is 0.143 e. The van der Waals surface area contributed by atoms with Crippen LogP contribution in [0, 0.1) is 0 Å². The SMILES string of the molecule is COc1cc(Br)ccc1Nc1ccc(SCc2ccccc2)cn1. The van der Waals surface area contributed by atoms with Crippen LogP contribution in [0.3, 0.4) is 0 Å². The highest BCUT2D eigenvalue weighted by molar-refractivity contribution is 9.10. The minimum atomic E-state index is 0.772. The van der Waals surface area contributed by atoms with Crippen LogP contribution < -0.4 is 10.1 Å². The van der Waals surface area contributed by atoms with Gasteiger partial charge in [0, 0.05) is 21.3 Å². The molecule has 1 aromatic heterocycles. The topological polar surface area (TPSA) is 34.1 Å². The van der Waals surface area contributed by atoms with Crippen LogP contribution in [0.15, 0.2) is 76.2 Å². The third kappa shape index (κ3) is 4.52. The number of aromatic nitrogens is 1. The normalized spacial score (nSPS) is 10.4. The summed E-state index contributed by atoms with van der Waals surface area (Å²) in [7, 11) is 1.66. The lowest BCUT2D eigenvalue weighted by Gasteiger charge is -2.11. The number of nitrogens with one attached hydrogen (secondary N) is 1. The van der Waals surface area contributed by atoms with E-state index in [1.54, 1.807) is 18.9 Å². The van der Waals surface area contributed by atoms with E-state index in [1.807, 2.05) is 36.5 Å². The minimum absolute atomic E-state index is 0.772. The molecular weight excluding hydrogens is 384 g/mol. The molecule has 0 saturated carbocycles. The Labute approximate surface area is 154 Å². The molecule has 24 heavy (non-hydrogen) atoms. The molecule has 3 nitrogen and oxygen atoms in total. The molecule has 0 aliphatic carbocycles. The van der Waals surface area contributed by atoms with Gasteiger partial charge in [0.1, 0.15) is 11.6 Å². The fourth-order valence-corrected chi connectivity index (χ4v) is 3.34. The number of hydrogen-bond donors (Lipinski definition) is 1. The van der Waals surface area contributed by atoms with Crippen molar-refractivity contribution in [1.29, 1.82) is 0 Å². The Morgan fingerprint density at radius 3 is 2.62 bits per heavy atom. The van der Waals surface area contributed by atoms with Gasteiger partial charge >= 0.3 is 0 Å². The molecule has 0 unspecified atom stereocenters. The highest BCUT2D eigenvalue weighted by atomic mass is 79.9. The van der Waals surface area contributed by atoms with E-state index < -0.39 is 0 Å². The average Bonchev–Trinajstić information content (AvgIpc) is 2.63. The standard InChI is InChI=1S/C19H17BrN2OS/c1-23-18-11-15(20)7-9-17(18)22-19-10-8-16(12-21-19)24-13-14-5-3-2-4-6-14/h2-12H,13H2,1H3,(H,21,22). The van der Waals surface area contributed by atoms with Gasteiger partial charge in [0.15, 0.2) is 0 Å². The zero-order valence-electron chi connectivity index (χ0n) is 13.2. The van der Waals surface area contributed by atoms with Gasteiger partial charge in [-0.15, -0.1) is 11.8 Å². The molecule has 0 bridgehead atoms. The molecule has 5 heteroatoms. The van der Waals surface area contributed by atoms with E-state index in [4.69, 9.17) is 4.74 Å². The van der Waals surface area contributed by atoms with Gasteiger partial charge in [0.2, 0.25) is 0 Å². The second-order valence-corrected chi connectivity index (χ2v) is 7.09. The molecule has 0 amide bonds. The van der Waals surface area contributed by atoms with Crippen molar-refractivity contribution in [3.63, 3.8) is 0 Å². The van der Waals surface area contributed by atoms with E-state index >= 15 is 0 Å². The zero-order chi connectivity index (χ0) is 16.8. The molecule has 0 radical (unpaired) electrons. The van der Waals surface area contributed by atoms with Gasteiger partial charge in [0.25, 0.3) is 0 Å². The highest BCUT2D eigenvalue weighted by Crippen LogP contribution is 2.30. The summed E-state index contributed by atoms with van der Waals surface area (Å²) < 4.78 is 6.36. The van der Waals surface area contributed by atoms with E-state index in [9.17, 15) is 0 Å². The molecular formula is C19H17BrN2OS. The fraction of sp³-hybridized carbons (Fsp3) is 0.105. The van der Waals surface area contributed by atoms with E-state index in [-0.39, 0.29) is 0 Å². The number of nitrogens with zero attached hydrogens (tertiary/aromatic N) is 1. The molecule has 3 rings (SSSR count). The van der Waals surface area contributed by atoms with Gasteiger partial charge in [-0.3, -0.25) is 0 Å². The number of halogens is 1. The first kappa shape index (κ1) is 16.9. The number of anilines is 2. The van der Waals surface area contributed by atoms with Crippen molar-refractivity contribution in [2.45, 2.75) is 10.6 Å². The summed E-state index contributed by atoms with van der Waals surface area (Å²) >= 11 is 5.22. The van der Waals surface area contributed by atoms with Crippen molar-refractivity contribution in [2.24, 2.45) is 0 Å². The zero-order valence-corrected chi connectivity index (χ0v) is 15.6. The van der Waals surface area contributed by atoms with Gasteiger partial charge in [-0.05, 0) is 35.9 Å². The predicted molar refractivity (Wildman–Crippen MR) is 104 cm³/mol. The van der Waals surface area contributed by atoms with Crippen molar-refractivity contribution in [1.82, 2.24) is 4.98 Å². The maximum atomic E-state index is 5.39. The summed E-state index contributed by atoms with van der Waals surface area (Å²) in [5.41, 5.74) is 2.20. The van der Waals surface area contributed by atoms with Gasteiger partial charge in [-0.25, -0.2) is 4.98 Å². The van der Waals surface area contributed by atoms with Crippen molar-refractivity contribution >= 4 is 39.2 Å². The van der Waals surface area contributed by atoms with Crippen molar-refractivity contribution in [3.8, 4) is 5.75 Å². The lowest BCUT2D eigenvalue weighted by molar-refractivity contribution is 0.416. The number of thioether (sulfide) groups is 1. The van der Waals surface area contributed by atoms with Crippen molar-refractivity contribution in [2.75, 3.05) is 12.4 Å². The Balaban J connectivity index is 1.64. The average molecular weight is 401 g/mol. The van der Waals surface area contributed by atoms with Crippen LogP contribution in [0.1, 0.15) is 5.56 Å². The molecule has 0 saturated heterocycles. The Bertz CT molecular complexity index is 794. The number of benzene rings is 2. The first-order valence-corrected chi connectivity index (χ1v) is 9.26. The van der Waals surface area contributed by atoms with Crippen molar-refractivity contribution in [3.05, 3.63) is 76.9 Å². The lowest BCUT2D eigenvalue weighted by Crippen LogP contribution is -1.96. The minimum Gasteiger partial charge on any atom is -0.495 e. The van der Waals surface area contributed by atoms with Crippen LogP contribution in [0.5, 0.6) is 5.75 Å². The fourth-order valence-electron chi connectivity index (χ4n) is 2.19. The quantitative estimate of drug-likeness (QED) is 0.523. The predicted octanol–water partition coefficient (Wildman–Crippen LogP) is 5.89. The molecule has 122 valence electrons.